The SMILES string of the molecule is C=CC(=O)N1CCN(c2nc(OCC3CCOC3)nc3c(Oc4c(Cl)c(F)cc5[nH]ncc45)nc(Cl)cc23)CC1. The minimum Gasteiger partial charge on any atom is -0.463 e. The molecule has 0 spiro atoms. The van der Waals surface area contributed by atoms with Gasteiger partial charge in [-0.3, -0.25) is 9.89 Å². The van der Waals surface area contributed by atoms with E-state index in [1.54, 1.807) is 11.0 Å². The molecule has 1 N–H and O–H groups in total. The van der Waals surface area contributed by atoms with Crippen molar-refractivity contribution >= 4 is 56.7 Å². The molecule has 2 aliphatic heterocycles. The Labute approximate surface area is 237 Å². The number of halogens is 3. The molecule has 40 heavy (non-hydrogen) atoms. The number of nitrogens with one attached hydrogen (secondary N) is 1. The number of aromatic amines is 1. The maximum absolute atomic E-state index is 14.6. The fourth-order valence-corrected chi connectivity index (χ4v) is 5.17. The molecule has 5 heterocycles. The van der Waals surface area contributed by atoms with Gasteiger partial charge in [-0.2, -0.15) is 20.1 Å². The summed E-state index contributed by atoms with van der Waals surface area (Å²) in [5.74, 6) is -0.0446. The first-order valence-corrected chi connectivity index (χ1v) is 13.4. The number of rotatable bonds is 7. The van der Waals surface area contributed by atoms with Gasteiger partial charge in [0, 0.05) is 44.8 Å². The third-order valence-corrected chi connectivity index (χ3v) is 7.46. The Morgan fingerprint density at radius 2 is 2.02 bits per heavy atom. The lowest BCUT2D eigenvalue weighted by Crippen LogP contribution is -2.48. The van der Waals surface area contributed by atoms with Crippen LogP contribution in [0.3, 0.4) is 0 Å². The van der Waals surface area contributed by atoms with Gasteiger partial charge in [-0.05, 0) is 18.6 Å². The topological polar surface area (TPSA) is 119 Å². The molecule has 1 aromatic carbocycles. The number of fused-ring (bicyclic) bond motifs is 2. The largest absolute Gasteiger partial charge is 0.463 e. The van der Waals surface area contributed by atoms with Crippen LogP contribution in [0.2, 0.25) is 10.2 Å². The number of aromatic nitrogens is 5. The predicted molar refractivity (Wildman–Crippen MR) is 147 cm³/mol. The molecular formula is C26H24Cl2FN7O4. The smallest absolute Gasteiger partial charge is 0.319 e. The molecule has 0 saturated carbocycles. The van der Waals surface area contributed by atoms with Crippen LogP contribution in [0.1, 0.15) is 6.42 Å². The Bertz CT molecular complexity index is 1600. The number of piperazine rings is 1. The fourth-order valence-electron chi connectivity index (χ4n) is 4.79. The Morgan fingerprint density at radius 3 is 2.77 bits per heavy atom. The van der Waals surface area contributed by atoms with Crippen LogP contribution in [-0.2, 0) is 9.53 Å². The van der Waals surface area contributed by atoms with Crippen LogP contribution < -0.4 is 14.4 Å². The van der Waals surface area contributed by atoms with Crippen molar-refractivity contribution in [3.63, 3.8) is 0 Å². The standard InChI is InChI=1S/C26H24Cl2FN7O4/c1-2-20(37)35-4-6-36(7-5-35)24-15-9-19(27)31-25(22(15)32-26(33-24)39-13-14-3-8-38-12-14)40-23-16-11-30-34-18(16)10-17(29)21(23)28/h2,9-11,14H,1,3-8,12-13H2,(H,30,34). The van der Waals surface area contributed by atoms with Crippen LogP contribution in [0, 0.1) is 11.7 Å². The molecule has 2 fully saturated rings. The van der Waals surface area contributed by atoms with Crippen molar-refractivity contribution in [3.8, 4) is 17.6 Å². The summed E-state index contributed by atoms with van der Waals surface area (Å²) in [7, 11) is 0. The van der Waals surface area contributed by atoms with Gasteiger partial charge in [0.25, 0.3) is 0 Å². The van der Waals surface area contributed by atoms with Crippen LogP contribution in [0.4, 0.5) is 10.2 Å². The van der Waals surface area contributed by atoms with E-state index in [4.69, 9.17) is 42.4 Å². The Hall–Kier alpha value is -3.74. The summed E-state index contributed by atoms with van der Waals surface area (Å²) in [6.07, 6.45) is 3.66. The van der Waals surface area contributed by atoms with Crippen LogP contribution >= 0.6 is 23.2 Å². The van der Waals surface area contributed by atoms with E-state index in [0.29, 0.717) is 73.6 Å². The van der Waals surface area contributed by atoms with E-state index in [2.05, 4.69) is 26.7 Å². The summed E-state index contributed by atoms with van der Waals surface area (Å²) in [6, 6.07) is 2.98. The number of nitrogens with zero attached hydrogens (tertiary/aromatic N) is 6. The predicted octanol–water partition coefficient (Wildman–Crippen LogP) is 4.39. The van der Waals surface area contributed by atoms with Gasteiger partial charge in [0.2, 0.25) is 11.8 Å². The van der Waals surface area contributed by atoms with Gasteiger partial charge in [-0.15, -0.1) is 0 Å². The van der Waals surface area contributed by atoms with E-state index < -0.39 is 5.82 Å². The zero-order chi connectivity index (χ0) is 27.8. The first-order chi connectivity index (χ1) is 19.4. The van der Waals surface area contributed by atoms with E-state index in [1.807, 2.05) is 4.90 Å². The molecule has 0 bridgehead atoms. The number of benzene rings is 1. The molecule has 14 heteroatoms. The Kier molecular flexibility index (Phi) is 7.30. The van der Waals surface area contributed by atoms with Crippen molar-refractivity contribution in [2.75, 3.05) is 50.9 Å². The zero-order valence-electron chi connectivity index (χ0n) is 21.2. The highest BCUT2D eigenvalue weighted by Gasteiger charge is 2.26. The lowest BCUT2D eigenvalue weighted by Gasteiger charge is -2.35. The average molecular weight is 588 g/mol. The maximum atomic E-state index is 14.6. The normalized spacial score (nSPS) is 17.5. The van der Waals surface area contributed by atoms with Gasteiger partial charge in [0.05, 0.1) is 35.7 Å². The van der Waals surface area contributed by atoms with Crippen molar-refractivity contribution in [3.05, 3.63) is 47.0 Å². The first-order valence-electron chi connectivity index (χ1n) is 12.7. The average Bonchev–Trinajstić information content (AvgIpc) is 3.66. The third kappa shape index (κ3) is 5.09. The van der Waals surface area contributed by atoms with Crippen LogP contribution in [0.25, 0.3) is 21.8 Å². The molecule has 1 amide bonds. The van der Waals surface area contributed by atoms with Gasteiger partial charge < -0.3 is 24.0 Å². The molecule has 0 radical (unpaired) electrons. The summed E-state index contributed by atoms with van der Waals surface area (Å²) < 4.78 is 32.2. The molecule has 208 valence electrons. The van der Waals surface area contributed by atoms with E-state index in [1.165, 1.54) is 18.3 Å². The van der Waals surface area contributed by atoms with E-state index in [-0.39, 0.29) is 39.6 Å². The van der Waals surface area contributed by atoms with Crippen molar-refractivity contribution in [2.24, 2.45) is 5.92 Å². The lowest BCUT2D eigenvalue weighted by atomic mass is 10.1. The monoisotopic (exact) mass is 587 g/mol. The van der Waals surface area contributed by atoms with Crippen LogP contribution in [-0.4, -0.2) is 82.0 Å². The Balaban J connectivity index is 1.43. The van der Waals surface area contributed by atoms with Gasteiger partial charge in [-0.25, -0.2) is 4.39 Å². The number of pyridine rings is 1. The summed E-state index contributed by atoms with van der Waals surface area (Å²) in [6.45, 7) is 7.19. The third-order valence-electron chi connectivity index (χ3n) is 6.91. The van der Waals surface area contributed by atoms with Gasteiger partial charge in [-0.1, -0.05) is 29.8 Å². The molecular weight excluding hydrogens is 564 g/mol. The molecule has 0 aliphatic carbocycles. The van der Waals surface area contributed by atoms with Crippen LogP contribution in [0.15, 0.2) is 31.0 Å². The van der Waals surface area contributed by atoms with Crippen LogP contribution in [0.5, 0.6) is 17.6 Å². The number of amides is 1. The highest BCUT2D eigenvalue weighted by molar-refractivity contribution is 6.33. The second-order valence-corrected chi connectivity index (χ2v) is 10.2. The van der Waals surface area contributed by atoms with Crippen molar-refractivity contribution < 1.29 is 23.4 Å². The zero-order valence-corrected chi connectivity index (χ0v) is 22.7. The molecule has 2 aliphatic rings. The highest BCUT2D eigenvalue weighted by Crippen LogP contribution is 2.41. The van der Waals surface area contributed by atoms with Gasteiger partial charge >= 0.3 is 6.01 Å². The quantitative estimate of drug-likeness (QED) is 0.248. The van der Waals surface area contributed by atoms with E-state index in [9.17, 15) is 9.18 Å². The molecule has 3 aromatic heterocycles. The minimum absolute atomic E-state index is 0.00401. The molecule has 1 unspecified atom stereocenters. The maximum Gasteiger partial charge on any atom is 0.319 e. The number of hydrogen-bond acceptors (Lipinski definition) is 9. The summed E-state index contributed by atoms with van der Waals surface area (Å²) in [4.78, 5) is 29.6. The second kappa shape index (κ2) is 11.0. The van der Waals surface area contributed by atoms with Gasteiger partial charge in [0.15, 0.2) is 5.75 Å². The van der Waals surface area contributed by atoms with Crippen molar-refractivity contribution in [1.82, 2.24) is 30.0 Å². The first kappa shape index (κ1) is 26.5. The number of carbonyl (C=O) groups excluding carboxylic acids is 1. The number of hydrogen-bond donors (Lipinski definition) is 1. The molecule has 6 rings (SSSR count). The van der Waals surface area contributed by atoms with Gasteiger partial charge in [0.1, 0.15) is 27.3 Å². The number of H-pyrrole nitrogens is 1. The number of carbonyl (C=O) groups is 1. The summed E-state index contributed by atoms with van der Waals surface area (Å²) >= 11 is 12.7. The van der Waals surface area contributed by atoms with Crippen molar-refractivity contribution in [1.29, 1.82) is 0 Å². The minimum atomic E-state index is -0.690. The Morgan fingerprint density at radius 1 is 1.20 bits per heavy atom. The number of anilines is 1. The molecule has 4 aromatic rings. The summed E-state index contributed by atoms with van der Waals surface area (Å²) in [5.41, 5.74) is 0.696. The molecule has 1 atom stereocenters. The fraction of sp³-hybridized carbons (Fsp3) is 0.346. The van der Waals surface area contributed by atoms with E-state index >= 15 is 0 Å². The van der Waals surface area contributed by atoms with E-state index in [0.717, 1.165) is 6.42 Å². The lowest BCUT2D eigenvalue weighted by molar-refractivity contribution is -0.126. The molecule has 11 nitrogen and oxygen atoms in total. The highest BCUT2D eigenvalue weighted by atomic mass is 35.5. The van der Waals surface area contributed by atoms with Crippen molar-refractivity contribution in [2.45, 2.75) is 6.42 Å². The second-order valence-electron chi connectivity index (χ2n) is 9.47. The number of ether oxygens (including phenoxy) is 3. The molecule has 2 saturated heterocycles. The summed E-state index contributed by atoms with van der Waals surface area (Å²) in [5, 5.41) is 7.56.